The Balaban J connectivity index is 2.13. The van der Waals surface area contributed by atoms with Crippen LogP contribution in [0.25, 0.3) is 0 Å². The number of halogens is 1. The number of hydrogen-bond acceptors (Lipinski definition) is 3. The maximum Gasteiger partial charge on any atom is 0.299 e. The first-order valence-electron chi connectivity index (χ1n) is 6.91. The van der Waals surface area contributed by atoms with Gasteiger partial charge in [0.25, 0.3) is 11.7 Å². The van der Waals surface area contributed by atoms with Gasteiger partial charge in [0.1, 0.15) is 5.82 Å². The van der Waals surface area contributed by atoms with E-state index in [2.05, 4.69) is 12.2 Å². The molecule has 0 saturated carbocycles. The van der Waals surface area contributed by atoms with Gasteiger partial charge >= 0.3 is 0 Å². The van der Waals surface area contributed by atoms with Crippen LogP contribution in [0.2, 0.25) is 0 Å². The molecule has 1 N–H and O–H groups in total. The lowest BCUT2D eigenvalue weighted by molar-refractivity contribution is -0.114. The van der Waals surface area contributed by atoms with E-state index < -0.39 is 17.5 Å². The van der Waals surface area contributed by atoms with E-state index in [1.165, 1.54) is 23.1 Å². The summed E-state index contributed by atoms with van der Waals surface area (Å²) in [5.74, 6) is -1.63. The zero-order chi connectivity index (χ0) is 14.7. The number of amides is 1. The van der Waals surface area contributed by atoms with Gasteiger partial charge in [0.2, 0.25) is 0 Å². The SMILES string of the molecule is CCCNCC(C)CN1C(=O)C(=O)c2cccc(F)c21. The van der Waals surface area contributed by atoms with Crippen LogP contribution < -0.4 is 10.2 Å². The van der Waals surface area contributed by atoms with Gasteiger partial charge < -0.3 is 10.2 Å². The molecule has 4 nitrogen and oxygen atoms in total. The van der Waals surface area contributed by atoms with E-state index in [0.29, 0.717) is 6.54 Å². The van der Waals surface area contributed by atoms with Crippen molar-refractivity contribution >= 4 is 17.4 Å². The van der Waals surface area contributed by atoms with Crippen molar-refractivity contribution in [3.05, 3.63) is 29.6 Å². The van der Waals surface area contributed by atoms with Crippen LogP contribution in [0.3, 0.4) is 0 Å². The normalized spacial score (nSPS) is 15.7. The van der Waals surface area contributed by atoms with Crippen molar-refractivity contribution in [2.75, 3.05) is 24.5 Å². The minimum atomic E-state index is -0.632. The molecule has 0 spiro atoms. The number of carbonyl (C=O) groups is 2. The number of hydrogen-bond donors (Lipinski definition) is 1. The van der Waals surface area contributed by atoms with E-state index in [9.17, 15) is 14.0 Å². The summed E-state index contributed by atoms with van der Waals surface area (Å²) in [5, 5.41) is 3.26. The first-order chi connectivity index (χ1) is 9.56. The molecule has 1 unspecified atom stereocenters. The van der Waals surface area contributed by atoms with Crippen LogP contribution in [0.15, 0.2) is 18.2 Å². The number of rotatable bonds is 6. The fraction of sp³-hybridized carbons (Fsp3) is 0.467. The van der Waals surface area contributed by atoms with E-state index >= 15 is 0 Å². The van der Waals surface area contributed by atoms with Crippen LogP contribution in [0.4, 0.5) is 10.1 Å². The van der Waals surface area contributed by atoms with Crippen molar-refractivity contribution in [3.63, 3.8) is 0 Å². The molecule has 2 rings (SSSR count). The second-order valence-electron chi connectivity index (χ2n) is 5.19. The van der Waals surface area contributed by atoms with Crippen molar-refractivity contribution in [1.29, 1.82) is 0 Å². The van der Waals surface area contributed by atoms with Gasteiger partial charge in [-0.15, -0.1) is 0 Å². The Labute approximate surface area is 118 Å². The van der Waals surface area contributed by atoms with Crippen LogP contribution >= 0.6 is 0 Å². The van der Waals surface area contributed by atoms with Gasteiger partial charge in [-0.05, 0) is 37.6 Å². The van der Waals surface area contributed by atoms with E-state index in [1.807, 2.05) is 6.92 Å². The molecule has 0 saturated heterocycles. The van der Waals surface area contributed by atoms with E-state index in [1.54, 1.807) is 0 Å². The highest BCUT2D eigenvalue weighted by Gasteiger charge is 2.38. The number of carbonyl (C=O) groups excluding carboxylic acids is 2. The number of nitrogens with one attached hydrogen (secondary N) is 1. The molecule has 1 atom stereocenters. The van der Waals surface area contributed by atoms with E-state index in [-0.39, 0.29) is 17.2 Å². The number of Topliss-reactive ketones (excluding diaryl/α,β-unsaturated/α-hetero) is 1. The molecule has 0 bridgehead atoms. The second kappa shape index (κ2) is 6.13. The first kappa shape index (κ1) is 14.7. The van der Waals surface area contributed by atoms with Crippen molar-refractivity contribution in [2.45, 2.75) is 20.3 Å². The largest absolute Gasteiger partial charge is 0.316 e. The molecule has 0 aliphatic carbocycles. The predicted octanol–water partition coefficient (Wildman–Crippen LogP) is 1.99. The molecule has 1 aliphatic rings. The molecule has 1 aliphatic heterocycles. The van der Waals surface area contributed by atoms with Crippen molar-refractivity contribution in [1.82, 2.24) is 5.32 Å². The maximum atomic E-state index is 13.9. The summed E-state index contributed by atoms with van der Waals surface area (Å²) < 4.78 is 13.9. The average Bonchev–Trinajstić information content (AvgIpc) is 2.66. The van der Waals surface area contributed by atoms with Gasteiger partial charge in [-0.1, -0.05) is 19.9 Å². The van der Waals surface area contributed by atoms with Gasteiger partial charge in [0.05, 0.1) is 11.3 Å². The Hall–Kier alpha value is -1.75. The molecule has 108 valence electrons. The summed E-state index contributed by atoms with van der Waals surface area (Å²) in [6.45, 7) is 6.03. The zero-order valence-electron chi connectivity index (χ0n) is 11.8. The molecule has 0 aromatic heterocycles. The van der Waals surface area contributed by atoms with Crippen molar-refractivity contribution < 1.29 is 14.0 Å². The lowest BCUT2D eigenvalue weighted by Crippen LogP contribution is -2.37. The summed E-state index contributed by atoms with van der Waals surface area (Å²) in [4.78, 5) is 25.1. The number of fused-ring (bicyclic) bond motifs is 1. The number of para-hydroxylation sites is 1. The first-order valence-corrected chi connectivity index (χ1v) is 6.91. The summed E-state index contributed by atoms with van der Waals surface area (Å²) in [6.07, 6.45) is 1.03. The molecular weight excluding hydrogens is 259 g/mol. The third-order valence-corrected chi connectivity index (χ3v) is 3.35. The molecule has 5 heteroatoms. The van der Waals surface area contributed by atoms with Crippen LogP contribution in [0.5, 0.6) is 0 Å². The Morgan fingerprint density at radius 1 is 1.35 bits per heavy atom. The highest BCUT2D eigenvalue weighted by atomic mass is 19.1. The zero-order valence-corrected chi connectivity index (χ0v) is 11.8. The highest BCUT2D eigenvalue weighted by molar-refractivity contribution is 6.52. The van der Waals surface area contributed by atoms with Gasteiger partial charge in [-0.25, -0.2) is 4.39 Å². The summed E-state index contributed by atoms with van der Waals surface area (Å²) in [7, 11) is 0. The summed E-state index contributed by atoms with van der Waals surface area (Å²) >= 11 is 0. The molecule has 20 heavy (non-hydrogen) atoms. The van der Waals surface area contributed by atoms with Crippen molar-refractivity contribution in [3.8, 4) is 0 Å². The molecule has 0 fully saturated rings. The van der Waals surface area contributed by atoms with Gasteiger partial charge in [-0.3, -0.25) is 9.59 Å². The van der Waals surface area contributed by atoms with Gasteiger partial charge in [0, 0.05) is 6.54 Å². The predicted molar refractivity (Wildman–Crippen MR) is 75.4 cm³/mol. The Morgan fingerprint density at radius 3 is 2.80 bits per heavy atom. The monoisotopic (exact) mass is 278 g/mol. The van der Waals surface area contributed by atoms with E-state index in [4.69, 9.17) is 0 Å². The fourth-order valence-electron chi connectivity index (χ4n) is 2.39. The molecule has 1 aromatic carbocycles. The van der Waals surface area contributed by atoms with Gasteiger partial charge in [0.15, 0.2) is 0 Å². The maximum absolute atomic E-state index is 13.9. The molecule has 1 amide bonds. The number of ketones is 1. The minimum absolute atomic E-state index is 0.129. The van der Waals surface area contributed by atoms with E-state index in [0.717, 1.165) is 19.5 Å². The minimum Gasteiger partial charge on any atom is -0.316 e. The smallest absolute Gasteiger partial charge is 0.299 e. The number of nitrogens with zero attached hydrogens (tertiary/aromatic N) is 1. The quantitative estimate of drug-likeness (QED) is 0.639. The summed E-state index contributed by atoms with van der Waals surface area (Å²) in [6, 6.07) is 4.23. The molecule has 0 radical (unpaired) electrons. The topological polar surface area (TPSA) is 49.4 Å². The third-order valence-electron chi connectivity index (χ3n) is 3.35. The average molecular weight is 278 g/mol. The fourth-order valence-corrected chi connectivity index (χ4v) is 2.39. The Kier molecular flexibility index (Phi) is 4.49. The third kappa shape index (κ3) is 2.72. The highest BCUT2D eigenvalue weighted by Crippen LogP contribution is 2.31. The number of benzene rings is 1. The van der Waals surface area contributed by atoms with Crippen LogP contribution in [0, 0.1) is 11.7 Å². The number of anilines is 1. The van der Waals surface area contributed by atoms with Crippen LogP contribution in [-0.2, 0) is 4.79 Å². The Bertz CT molecular complexity index is 531. The standard InChI is InChI=1S/C15H19FN2O2/c1-3-7-17-8-10(2)9-18-13-11(14(19)15(18)20)5-4-6-12(13)16/h4-6,10,17H,3,7-9H2,1-2H3. The van der Waals surface area contributed by atoms with Crippen LogP contribution in [-0.4, -0.2) is 31.3 Å². The lowest BCUT2D eigenvalue weighted by Gasteiger charge is -2.21. The van der Waals surface area contributed by atoms with Crippen LogP contribution in [0.1, 0.15) is 30.6 Å². The summed E-state index contributed by atoms with van der Waals surface area (Å²) in [5.41, 5.74) is 0.300. The van der Waals surface area contributed by atoms with Crippen molar-refractivity contribution in [2.24, 2.45) is 5.92 Å². The van der Waals surface area contributed by atoms with Gasteiger partial charge in [-0.2, -0.15) is 0 Å². The molecular formula is C15H19FN2O2. The Morgan fingerprint density at radius 2 is 2.10 bits per heavy atom. The second-order valence-corrected chi connectivity index (χ2v) is 5.19. The molecule has 1 heterocycles. The molecule has 1 aromatic rings. The lowest BCUT2D eigenvalue weighted by atomic mass is 10.1.